The van der Waals surface area contributed by atoms with Crippen LogP contribution >= 0.6 is 0 Å². The zero-order chi connectivity index (χ0) is 20.6. The van der Waals surface area contributed by atoms with Gasteiger partial charge in [0.1, 0.15) is 5.65 Å². The molecule has 0 radical (unpaired) electrons. The van der Waals surface area contributed by atoms with Gasteiger partial charge in [0, 0.05) is 62.1 Å². The van der Waals surface area contributed by atoms with Crippen LogP contribution in [-0.2, 0) is 23.1 Å². The smallest absolute Gasteiger partial charge is 0.245 e. The Kier molecular flexibility index (Phi) is 6.78. The van der Waals surface area contributed by atoms with Crippen LogP contribution in [-0.4, -0.2) is 56.6 Å². The summed E-state index contributed by atoms with van der Waals surface area (Å²) in [6, 6.07) is 6.05. The molecule has 29 heavy (non-hydrogen) atoms. The second kappa shape index (κ2) is 9.68. The Bertz CT molecular complexity index is 984. The molecule has 0 aliphatic carbocycles. The van der Waals surface area contributed by atoms with Crippen LogP contribution in [0.4, 0.5) is 0 Å². The van der Waals surface area contributed by atoms with E-state index in [0.29, 0.717) is 13.0 Å². The van der Waals surface area contributed by atoms with E-state index in [1.165, 1.54) is 6.08 Å². The third kappa shape index (κ3) is 4.90. The van der Waals surface area contributed by atoms with Crippen molar-refractivity contribution in [3.63, 3.8) is 0 Å². The molecule has 1 aliphatic rings. The number of aromatic nitrogens is 4. The van der Waals surface area contributed by atoms with Crippen molar-refractivity contribution in [3.8, 4) is 11.3 Å². The van der Waals surface area contributed by atoms with Crippen LogP contribution in [0.15, 0.2) is 43.2 Å². The fraction of sp³-hybridized carbons (Fsp3) is 0.333. The summed E-state index contributed by atoms with van der Waals surface area (Å²) >= 11 is 0. The first-order valence-corrected chi connectivity index (χ1v) is 9.67. The lowest BCUT2D eigenvalue weighted by atomic mass is 10.1. The zero-order valence-electron chi connectivity index (χ0n) is 16.6. The number of amides is 2. The second-order valence-corrected chi connectivity index (χ2v) is 6.81. The largest absolute Gasteiger partial charge is 0.358 e. The van der Waals surface area contributed by atoms with Gasteiger partial charge < -0.3 is 15.2 Å². The quantitative estimate of drug-likeness (QED) is 0.380. The first-order valence-electron chi connectivity index (χ1n) is 9.67. The van der Waals surface area contributed by atoms with E-state index in [9.17, 15) is 9.59 Å². The van der Waals surface area contributed by atoms with E-state index in [1.54, 1.807) is 12.4 Å². The molecule has 4 heterocycles. The van der Waals surface area contributed by atoms with Gasteiger partial charge in [-0.25, -0.2) is 4.98 Å². The van der Waals surface area contributed by atoms with Gasteiger partial charge in [0.05, 0.1) is 5.69 Å². The van der Waals surface area contributed by atoms with Gasteiger partial charge in [-0.2, -0.15) is 5.10 Å². The van der Waals surface area contributed by atoms with E-state index in [2.05, 4.69) is 33.0 Å². The Balaban J connectivity index is 0.000000224. The predicted octanol–water partition coefficient (Wildman–Crippen LogP) is 2.05. The molecule has 3 aromatic rings. The van der Waals surface area contributed by atoms with Crippen molar-refractivity contribution in [2.75, 3.05) is 19.6 Å². The lowest BCUT2D eigenvalue weighted by Gasteiger charge is -2.10. The number of hydrogen-bond acceptors (Lipinski definition) is 4. The maximum Gasteiger partial charge on any atom is 0.245 e. The highest BCUT2D eigenvalue weighted by atomic mass is 16.2. The van der Waals surface area contributed by atoms with E-state index in [0.717, 1.165) is 60.3 Å². The molecule has 0 aromatic carbocycles. The summed E-state index contributed by atoms with van der Waals surface area (Å²) in [4.78, 5) is 30.6. The number of nitrogens with zero attached hydrogens (tertiary/aromatic N) is 4. The lowest BCUT2D eigenvalue weighted by Crippen LogP contribution is -2.25. The Hall–Kier alpha value is -3.42. The van der Waals surface area contributed by atoms with E-state index in [-0.39, 0.29) is 5.91 Å². The van der Waals surface area contributed by atoms with Gasteiger partial charge in [-0.1, -0.05) is 6.58 Å². The molecule has 0 unspecified atom stereocenters. The molecule has 2 N–H and O–H groups in total. The second-order valence-electron chi connectivity index (χ2n) is 6.81. The van der Waals surface area contributed by atoms with Crippen molar-refractivity contribution in [2.24, 2.45) is 7.05 Å². The summed E-state index contributed by atoms with van der Waals surface area (Å²) < 4.78 is 1.84. The summed E-state index contributed by atoms with van der Waals surface area (Å²) in [5.41, 5.74) is 4.05. The standard InChI is InChI=1S/C14H15N5O.C7H11NO/c1-19-13(4-7-17-19)11-3-6-16-14-12(11)8-10(18-14)2-5-15-9-20;1-2-7(9)8-5-3-4-6-8/h3-4,6-9H,2,5H2,1H3,(H,15,20)(H,16,18);2H,1,3-6H2. The normalized spacial score (nSPS) is 13.1. The van der Waals surface area contributed by atoms with E-state index < -0.39 is 0 Å². The van der Waals surface area contributed by atoms with Crippen molar-refractivity contribution in [1.82, 2.24) is 30.0 Å². The van der Waals surface area contributed by atoms with Crippen molar-refractivity contribution in [3.05, 3.63) is 48.9 Å². The molecule has 1 saturated heterocycles. The first kappa shape index (κ1) is 20.3. The van der Waals surface area contributed by atoms with Crippen LogP contribution in [0, 0.1) is 0 Å². The maximum atomic E-state index is 10.8. The van der Waals surface area contributed by atoms with Crippen molar-refractivity contribution in [1.29, 1.82) is 0 Å². The Morgan fingerprint density at radius 2 is 2.10 bits per heavy atom. The molecule has 1 aliphatic heterocycles. The van der Waals surface area contributed by atoms with Gasteiger partial charge >= 0.3 is 0 Å². The third-order valence-corrected chi connectivity index (χ3v) is 4.90. The van der Waals surface area contributed by atoms with Gasteiger partial charge in [-0.15, -0.1) is 0 Å². The van der Waals surface area contributed by atoms with Gasteiger partial charge in [-0.3, -0.25) is 14.3 Å². The molecular formula is C21H26N6O2. The highest BCUT2D eigenvalue weighted by Gasteiger charge is 2.14. The van der Waals surface area contributed by atoms with Gasteiger partial charge in [0.2, 0.25) is 12.3 Å². The summed E-state index contributed by atoms with van der Waals surface area (Å²) in [6.45, 7) is 5.87. The minimum Gasteiger partial charge on any atom is -0.358 e. The molecule has 4 rings (SSSR count). The van der Waals surface area contributed by atoms with Crippen LogP contribution in [0.5, 0.6) is 0 Å². The van der Waals surface area contributed by atoms with E-state index >= 15 is 0 Å². The summed E-state index contributed by atoms with van der Waals surface area (Å²) in [7, 11) is 1.92. The predicted molar refractivity (Wildman–Crippen MR) is 112 cm³/mol. The molecule has 0 bridgehead atoms. The molecule has 0 atom stereocenters. The highest BCUT2D eigenvalue weighted by molar-refractivity contribution is 5.92. The zero-order valence-corrected chi connectivity index (χ0v) is 16.6. The molecule has 8 nitrogen and oxygen atoms in total. The van der Waals surface area contributed by atoms with Crippen LogP contribution in [0.3, 0.4) is 0 Å². The number of carbonyl (C=O) groups is 2. The van der Waals surface area contributed by atoms with E-state index in [4.69, 9.17) is 0 Å². The minimum absolute atomic E-state index is 0.0764. The summed E-state index contributed by atoms with van der Waals surface area (Å²) in [5, 5.41) is 7.93. The number of hydrogen-bond donors (Lipinski definition) is 2. The monoisotopic (exact) mass is 394 g/mol. The molecule has 152 valence electrons. The van der Waals surface area contributed by atoms with Gasteiger partial charge in [0.25, 0.3) is 0 Å². The molecule has 2 amide bonds. The van der Waals surface area contributed by atoms with Crippen molar-refractivity contribution < 1.29 is 9.59 Å². The first-order chi connectivity index (χ1) is 14.1. The third-order valence-electron chi connectivity index (χ3n) is 4.90. The average Bonchev–Trinajstić information content (AvgIpc) is 3.48. The minimum atomic E-state index is 0.0764. The topological polar surface area (TPSA) is 95.9 Å². The molecular weight excluding hydrogens is 368 g/mol. The number of nitrogens with one attached hydrogen (secondary N) is 2. The maximum absolute atomic E-state index is 10.8. The molecule has 3 aromatic heterocycles. The fourth-order valence-corrected chi connectivity index (χ4v) is 3.41. The fourth-order valence-electron chi connectivity index (χ4n) is 3.41. The number of pyridine rings is 1. The number of rotatable bonds is 6. The summed E-state index contributed by atoms with van der Waals surface area (Å²) in [5.74, 6) is 0.0764. The van der Waals surface area contributed by atoms with Crippen LogP contribution in [0.2, 0.25) is 0 Å². The number of likely N-dealkylation sites (tertiary alicyclic amines) is 1. The SMILES string of the molecule is C=CC(=O)N1CCCC1.Cn1nccc1-c1ccnc2[nH]c(CCNC=O)cc12. The Labute approximate surface area is 169 Å². The molecule has 0 saturated carbocycles. The number of fused-ring (bicyclic) bond motifs is 1. The van der Waals surface area contributed by atoms with Gasteiger partial charge in [0.15, 0.2) is 0 Å². The Morgan fingerprint density at radius 3 is 2.76 bits per heavy atom. The summed E-state index contributed by atoms with van der Waals surface area (Å²) in [6.07, 6.45) is 8.71. The van der Waals surface area contributed by atoms with Crippen LogP contribution in [0.25, 0.3) is 22.3 Å². The molecule has 0 spiro atoms. The van der Waals surface area contributed by atoms with Crippen LogP contribution in [0.1, 0.15) is 18.5 Å². The van der Waals surface area contributed by atoms with Crippen molar-refractivity contribution in [2.45, 2.75) is 19.3 Å². The Morgan fingerprint density at radius 1 is 1.31 bits per heavy atom. The molecule has 1 fully saturated rings. The average molecular weight is 394 g/mol. The van der Waals surface area contributed by atoms with Gasteiger partial charge in [-0.05, 0) is 37.1 Å². The number of carbonyl (C=O) groups excluding carboxylic acids is 2. The van der Waals surface area contributed by atoms with Crippen LogP contribution < -0.4 is 5.32 Å². The highest BCUT2D eigenvalue weighted by Crippen LogP contribution is 2.27. The van der Waals surface area contributed by atoms with Crippen molar-refractivity contribution >= 4 is 23.4 Å². The number of aryl methyl sites for hydroxylation is 1. The van der Waals surface area contributed by atoms with E-state index in [1.807, 2.05) is 28.8 Å². The lowest BCUT2D eigenvalue weighted by molar-refractivity contribution is -0.125. The number of H-pyrrole nitrogens is 1. The number of aromatic amines is 1. The molecule has 8 heteroatoms.